The molecule has 1 aliphatic heterocycles. The van der Waals surface area contributed by atoms with Crippen LogP contribution in [0.3, 0.4) is 0 Å². The van der Waals surface area contributed by atoms with E-state index in [9.17, 15) is 9.59 Å². The van der Waals surface area contributed by atoms with E-state index in [0.717, 1.165) is 0 Å². The Morgan fingerprint density at radius 2 is 1.62 bits per heavy atom. The molecular weight excluding hydrogens is 168 g/mol. The fourth-order valence-corrected chi connectivity index (χ4v) is 1.19. The molecule has 1 atom stereocenters. The second-order valence-electron chi connectivity index (χ2n) is 4.22. The molecule has 0 spiro atoms. The topological polar surface area (TPSA) is 58.2 Å². The van der Waals surface area contributed by atoms with Gasteiger partial charge in [0.05, 0.1) is 0 Å². The van der Waals surface area contributed by atoms with Crippen molar-refractivity contribution in [1.82, 2.24) is 10.6 Å². The molecule has 13 heavy (non-hydrogen) atoms. The quantitative estimate of drug-likeness (QED) is 0.610. The molecule has 4 nitrogen and oxygen atoms in total. The Labute approximate surface area is 78.1 Å². The highest BCUT2D eigenvalue weighted by Crippen LogP contribution is 2.18. The van der Waals surface area contributed by atoms with Crippen LogP contribution in [0.25, 0.3) is 0 Å². The van der Waals surface area contributed by atoms with Crippen LogP contribution < -0.4 is 10.6 Å². The van der Waals surface area contributed by atoms with Gasteiger partial charge in [0, 0.05) is 0 Å². The van der Waals surface area contributed by atoms with Gasteiger partial charge in [-0.2, -0.15) is 0 Å². The molecular formula is C9H16N2O2. The summed E-state index contributed by atoms with van der Waals surface area (Å²) in [5.74, 6) is -0.240. The fourth-order valence-electron chi connectivity index (χ4n) is 1.19. The van der Waals surface area contributed by atoms with Gasteiger partial charge in [-0.05, 0) is 27.2 Å². The van der Waals surface area contributed by atoms with Crippen molar-refractivity contribution in [3.05, 3.63) is 0 Å². The van der Waals surface area contributed by atoms with Crippen molar-refractivity contribution in [3.63, 3.8) is 0 Å². The maximum Gasteiger partial charge on any atom is 0.246 e. The Bertz CT molecular complexity index is 260. The first-order valence-electron chi connectivity index (χ1n) is 4.47. The summed E-state index contributed by atoms with van der Waals surface area (Å²) >= 11 is 0. The Hall–Kier alpha value is -1.06. The molecule has 1 fully saturated rings. The summed E-state index contributed by atoms with van der Waals surface area (Å²) in [5.41, 5.74) is -1.53. The van der Waals surface area contributed by atoms with Crippen molar-refractivity contribution in [1.29, 1.82) is 0 Å². The highest BCUT2D eigenvalue weighted by atomic mass is 16.2. The van der Waals surface area contributed by atoms with E-state index in [1.807, 2.05) is 6.92 Å². The van der Waals surface area contributed by atoms with E-state index >= 15 is 0 Å². The monoisotopic (exact) mass is 184 g/mol. The van der Waals surface area contributed by atoms with E-state index < -0.39 is 11.1 Å². The van der Waals surface area contributed by atoms with Gasteiger partial charge in [-0.1, -0.05) is 6.92 Å². The molecule has 0 aromatic rings. The number of piperazine rings is 1. The first kappa shape index (κ1) is 10.0. The lowest BCUT2D eigenvalue weighted by molar-refractivity contribution is -0.144. The van der Waals surface area contributed by atoms with Crippen LogP contribution in [-0.4, -0.2) is 22.9 Å². The van der Waals surface area contributed by atoms with Crippen molar-refractivity contribution in [3.8, 4) is 0 Å². The predicted molar refractivity (Wildman–Crippen MR) is 49.1 cm³/mol. The van der Waals surface area contributed by atoms with E-state index in [2.05, 4.69) is 10.6 Å². The maximum absolute atomic E-state index is 11.6. The average Bonchev–Trinajstić information content (AvgIpc) is 2.01. The molecule has 0 radical (unpaired) electrons. The zero-order valence-corrected chi connectivity index (χ0v) is 8.52. The summed E-state index contributed by atoms with van der Waals surface area (Å²) < 4.78 is 0. The third kappa shape index (κ3) is 1.53. The summed E-state index contributed by atoms with van der Waals surface area (Å²) in [7, 11) is 0. The zero-order chi connectivity index (χ0) is 10.3. The van der Waals surface area contributed by atoms with Crippen LogP contribution in [0, 0.1) is 0 Å². The number of hydrogen-bond acceptors (Lipinski definition) is 2. The van der Waals surface area contributed by atoms with Gasteiger partial charge in [-0.25, -0.2) is 0 Å². The van der Waals surface area contributed by atoms with Gasteiger partial charge < -0.3 is 10.6 Å². The molecule has 2 amide bonds. The van der Waals surface area contributed by atoms with Crippen molar-refractivity contribution in [2.75, 3.05) is 0 Å². The molecule has 0 aromatic heterocycles. The first-order valence-corrected chi connectivity index (χ1v) is 4.47. The Kier molecular flexibility index (Phi) is 2.10. The first-order chi connectivity index (χ1) is 5.82. The van der Waals surface area contributed by atoms with Crippen LogP contribution in [-0.2, 0) is 9.59 Å². The van der Waals surface area contributed by atoms with Gasteiger partial charge in [-0.15, -0.1) is 0 Å². The van der Waals surface area contributed by atoms with Gasteiger partial charge >= 0.3 is 0 Å². The van der Waals surface area contributed by atoms with Crippen LogP contribution in [0.15, 0.2) is 0 Å². The van der Waals surface area contributed by atoms with Crippen molar-refractivity contribution < 1.29 is 9.59 Å². The van der Waals surface area contributed by atoms with Crippen LogP contribution in [0.2, 0.25) is 0 Å². The molecule has 1 unspecified atom stereocenters. The molecule has 1 aliphatic rings. The molecule has 0 aliphatic carbocycles. The molecule has 74 valence electrons. The number of nitrogens with one attached hydrogen (secondary N) is 2. The normalized spacial score (nSPS) is 32.3. The molecule has 1 saturated heterocycles. The molecule has 1 heterocycles. The highest BCUT2D eigenvalue weighted by molar-refractivity contribution is 6.01. The Morgan fingerprint density at radius 3 is 2.08 bits per heavy atom. The zero-order valence-electron chi connectivity index (χ0n) is 8.52. The average molecular weight is 184 g/mol. The number of hydrogen-bond donors (Lipinski definition) is 2. The largest absolute Gasteiger partial charge is 0.340 e. The van der Waals surface area contributed by atoms with Crippen molar-refractivity contribution in [2.24, 2.45) is 0 Å². The number of rotatable bonds is 1. The lowest BCUT2D eigenvalue weighted by Crippen LogP contribution is -2.71. The molecule has 2 N–H and O–H groups in total. The third-order valence-corrected chi connectivity index (χ3v) is 2.59. The molecule has 4 heteroatoms. The van der Waals surface area contributed by atoms with Gasteiger partial charge in [0.25, 0.3) is 0 Å². The lowest BCUT2D eigenvalue weighted by atomic mass is 9.89. The molecule has 0 saturated carbocycles. The third-order valence-electron chi connectivity index (χ3n) is 2.59. The maximum atomic E-state index is 11.6. The fraction of sp³-hybridized carbons (Fsp3) is 0.778. The number of amides is 2. The van der Waals surface area contributed by atoms with E-state index in [1.165, 1.54) is 0 Å². The predicted octanol–water partition coefficient (Wildman–Crippen LogP) is 0.180. The van der Waals surface area contributed by atoms with Gasteiger partial charge in [0.2, 0.25) is 11.8 Å². The van der Waals surface area contributed by atoms with Crippen LogP contribution in [0.1, 0.15) is 34.1 Å². The van der Waals surface area contributed by atoms with E-state index in [-0.39, 0.29) is 11.8 Å². The van der Waals surface area contributed by atoms with Crippen LogP contribution in [0.4, 0.5) is 0 Å². The van der Waals surface area contributed by atoms with E-state index in [0.29, 0.717) is 6.42 Å². The smallest absolute Gasteiger partial charge is 0.246 e. The van der Waals surface area contributed by atoms with Gasteiger partial charge in [0.15, 0.2) is 0 Å². The van der Waals surface area contributed by atoms with Crippen molar-refractivity contribution in [2.45, 2.75) is 45.2 Å². The molecule has 1 rings (SSSR count). The van der Waals surface area contributed by atoms with Gasteiger partial charge in [0.1, 0.15) is 11.1 Å². The summed E-state index contributed by atoms with van der Waals surface area (Å²) in [6.07, 6.45) is 0.598. The van der Waals surface area contributed by atoms with Crippen LogP contribution >= 0.6 is 0 Å². The SMILES string of the molecule is CCC1(C)NC(=O)C(C)(C)NC1=O. The summed E-state index contributed by atoms with van der Waals surface area (Å²) in [6.45, 7) is 6.98. The minimum atomic E-state index is -0.786. The Balaban J connectivity index is 2.92. The summed E-state index contributed by atoms with van der Waals surface area (Å²) in [5, 5.41) is 5.43. The second kappa shape index (κ2) is 2.72. The summed E-state index contributed by atoms with van der Waals surface area (Å²) in [6, 6.07) is 0. The molecule has 0 aromatic carbocycles. The number of carbonyl (C=O) groups excluding carboxylic acids is 2. The minimum absolute atomic E-state index is 0.111. The summed E-state index contributed by atoms with van der Waals surface area (Å²) in [4.78, 5) is 23.1. The van der Waals surface area contributed by atoms with Gasteiger partial charge in [-0.3, -0.25) is 9.59 Å². The molecule has 0 bridgehead atoms. The van der Waals surface area contributed by atoms with E-state index in [4.69, 9.17) is 0 Å². The minimum Gasteiger partial charge on any atom is -0.340 e. The standard InChI is InChI=1S/C9H16N2O2/c1-5-9(4)7(13)10-8(2,3)6(12)11-9/h5H2,1-4H3,(H,10,13)(H,11,12). The highest BCUT2D eigenvalue weighted by Gasteiger charge is 2.45. The van der Waals surface area contributed by atoms with E-state index in [1.54, 1.807) is 20.8 Å². The van der Waals surface area contributed by atoms with Crippen LogP contribution in [0.5, 0.6) is 0 Å². The second-order valence-corrected chi connectivity index (χ2v) is 4.22. The lowest BCUT2D eigenvalue weighted by Gasteiger charge is -2.40. The Morgan fingerprint density at radius 1 is 1.08 bits per heavy atom. The van der Waals surface area contributed by atoms with Crippen molar-refractivity contribution >= 4 is 11.8 Å². The number of carbonyl (C=O) groups is 2.